The molecule has 0 atom stereocenters. The van der Waals surface area contributed by atoms with Crippen molar-refractivity contribution in [1.82, 2.24) is 9.88 Å². The standard InChI is InChI=1S/C23H28ClN3S.C2H2O4/c1-18-6-4-7-20(24)23(18)28-17-3-2-12-26-13-15-27(16-14-26)22-9-5-8-21-19(22)10-11-25-21;3-1(4)2(5)6/h4-11,25H,2-3,12-17H2,1H3;(H,3,4)(H,5,6). The van der Waals surface area contributed by atoms with E-state index in [0.717, 1.165) is 37.0 Å². The van der Waals surface area contributed by atoms with Crippen LogP contribution in [0.5, 0.6) is 0 Å². The summed E-state index contributed by atoms with van der Waals surface area (Å²) in [5.74, 6) is -2.51. The van der Waals surface area contributed by atoms with E-state index in [2.05, 4.69) is 52.0 Å². The summed E-state index contributed by atoms with van der Waals surface area (Å²) in [5, 5.41) is 17.0. The number of carbonyl (C=O) groups is 2. The smallest absolute Gasteiger partial charge is 0.414 e. The first kappa shape index (κ1) is 25.9. The van der Waals surface area contributed by atoms with Crippen molar-refractivity contribution in [2.75, 3.05) is 43.4 Å². The maximum atomic E-state index is 9.10. The highest BCUT2D eigenvalue weighted by molar-refractivity contribution is 7.99. The third-order valence-corrected chi connectivity index (χ3v) is 7.50. The fourth-order valence-corrected chi connectivity index (χ4v) is 5.41. The summed E-state index contributed by atoms with van der Waals surface area (Å²) in [5.41, 5.74) is 3.88. The molecule has 9 heteroatoms. The number of anilines is 1. The minimum atomic E-state index is -1.82. The van der Waals surface area contributed by atoms with Crippen LogP contribution < -0.4 is 4.90 Å². The lowest BCUT2D eigenvalue weighted by molar-refractivity contribution is -0.159. The average molecular weight is 504 g/mol. The van der Waals surface area contributed by atoms with Crippen LogP contribution in [-0.2, 0) is 9.59 Å². The monoisotopic (exact) mass is 503 g/mol. The molecule has 4 rings (SSSR count). The molecular formula is C25H30ClN3O4S. The predicted octanol–water partition coefficient (Wildman–Crippen LogP) is 4.98. The lowest BCUT2D eigenvalue weighted by Gasteiger charge is -2.36. The van der Waals surface area contributed by atoms with Gasteiger partial charge in [0.05, 0.1) is 5.02 Å². The van der Waals surface area contributed by atoms with Gasteiger partial charge in [-0.05, 0) is 61.9 Å². The van der Waals surface area contributed by atoms with Gasteiger partial charge in [-0.3, -0.25) is 4.90 Å². The molecule has 0 amide bonds. The minimum Gasteiger partial charge on any atom is -0.473 e. The molecule has 1 aliphatic heterocycles. The van der Waals surface area contributed by atoms with Gasteiger partial charge in [0, 0.05) is 53.9 Å². The van der Waals surface area contributed by atoms with Gasteiger partial charge in [-0.25, -0.2) is 9.59 Å². The molecule has 0 radical (unpaired) electrons. The van der Waals surface area contributed by atoms with Crippen LogP contribution in [0.3, 0.4) is 0 Å². The number of halogens is 1. The fraction of sp³-hybridized carbons (Fsp3) is 0.360. The number of H-pyrrole nitrogens is 1. The maximum Gasteiger partial charge on any atom is 0.414 e. The molecule has 0 spiro atoms. The first-order chi connectivity index (χ1) is 16.4. The van der Waals surface area contributed by atoms with Gasteiger partial charge < -0.3 is 20.1 Å². The molecule has 34 heavy (non-hydrogen) atoms. The second kappa shape index (κ2) is 12.7. The number of unbranched alkanes of at least 4 members (excludes halogenated alkanes) is 1. The molecule has 0 saturated carbocycles. The number of aliphatic carboxylic acids is 2. The highest BCUT2D eigenvalue weighted by atomic mass is 35.5. The quantitative estimate of drug-likeness (QED) is 0.237. The predicted molar refractivity (Wildman–Crippen MR) is 138 cm³/mol. The van der Waals surface area contributed by atoms with E-state index < -0.39 is 11.9 Å². The van der Waals surface area contributed by atoms with Crippen LogP contribution in [0.15, 0.2) is 53.6 Å². The van der Waals surface area contributed by atoms with Crippen molar-refractivity contribution in [3.63, 3.8) is 0 Å². The highest BCUT2D eigenvalue weighted by Gasteiger charge is 2.18. The molecule has 2 aromatic carbocycles. The number of fused-ring (bicyclic) bond motifs is 1. The molecule has 0 bridgehead atoms. The summed E-state index contributed by atoms with van der Waals surface area (Å²) in [6.45, 7) is 7.86. The van der Waals surface area contributed by atoms with Gasteiger partial charge in [-0.2, -0.15) is 0 Å². The van der Waals surface area contributed by atoms with Crippen molar-refractivity contribution >= 4 is 51.9 Å². The van der Waals surface area contributed by atoms with Gasteiger partial charge in [-0.1, -0.05) is 29.8 Å². The number of hydrogen-bond acceptors (Lipinski definition) is 5. The van der Waals surface area contributed by atoms with Crippen molar-refractivity contribution in [2.45, 2.75) is 24.7 Å². The first-order valence-electron chi connectivity index (χ1n) is 11.2. The summed E-state index contributed by atoms with van der Waals surface area (Å²) in [6.07, 6.45) is 4.52. The molecule has 2 heterocycles. The van der Waals surface area contributed by atoms with Gasteiger partial charge in [0.1, 0.15) is 0 Å². The zero-order valence-electron chi connectivity index (χ0n) is 19.2. The zero-order valence-corrected chi connectivity index (χ0v) is 20.7. The number of carboxylic acid groups (broad SMARTS) is 2. The summed E-state index contributed by atoms with van der Waals surface area (Å²) in [6, 6.07) is 14.9. The second-order valence-electron chi connectivity index (χ2n) is 8.10. The molecule has 7 nitrogen and oxygen atoms in total. The van der Waals surface area contributed by atoms with Crippen molar-refractivity contribution in [1.29, 1.82) is 0 Å². The number of nitrogens with zero attached hydrogens (tertiary/aromatic N) is 2. The van der Waals surface area contributed by atoms with E-state index >= 15 is 0 Å². The molecule has 0 unspecified atom stereocenters. The van der Waals surface area contributed by atoms with Gasteiger partial charge in [0.15, 0.2) is 0 Å². The largest absolute Gasteiger partial charge is 0.473 e. The third kappa shape index (κ3) is 7.16. The van der Waals surface area contributed by atoms with Gasteiger partial charge in [0.25, 0.3) is 0 Å². The molecule has 0 aliphatic carbocycles. The van der Waals surface area contributed by atoms with Crippen LogP contribution in [0.1, 0.15) is 18.4 Å². The number of thioether (sulfide) groups is 1. The van der Waals surface area contributed by atoms with E-state index in [1.165, 1.54) is 46.4 Å². The Labute approximate surface area is 208 Å². The number of rotatable bonds is 7. The number of aryl methyl sites for hydroxylation is 1. The Bertz CT molecular complexity index is 1080. The second-order valence-corrected chi connectivity index (χ2v) is 9.61. The Hall–Kier alpha value is -2.68. The van der Waals surface area contributed by atoms with E-state index in [1.54, 1.807) is 0 Å². The number of aromatic nitrogens is 1. The fourth-order valence-electron chi connectivity index (χ4n) is 3.97. The molecule has 3 aromatic rings. The third-order valence-electron chi connectivity index (χ3n) is 5.75. The Morgan fingerprint density at radius 1 is 1.00 bits per heavy atom. The van der Waals surface area contributed by atoms with E-state index in [0.29, 0.717) is 0 Å². The number of benzene rings is 2. The molecule has 1 saturated heterocycles. The summed E-state index contributed by atoms with van der Waals surface area (Å²) >= 11 is 8.22. The Kier molecular flexibility index (Phi) is 9.68. The van der Waals surface area contributed by atoms with Crippen LogP contribution >= 0.6 is 23.4 Å². The zero-order chi connectivity index (χ0) is 24.5. The average Bonchev–Trinajstić information content (AvgIpc) is 3.30. The lowest BCUT2D eigenvalue weighted by atomic mass is 10.1. The van der Waals surface area contributed by atoms with Gasteiger partial charge in [-0.15, -0.1) is 11.8 Å². The van der Waals surface area contributed by atoms with Gasteiger partial charge in [0.2, 0.25) is 0 Å². The van der Waals surface area contributed by atoms with E-state index in [-0.39, 0.29) is 0 Å². The Morgan fingerprint density at radius 3 is 2.38 bits per heavy atom. The van der Waals surface area contributed by atoms with Crippen LogP contribution in [0.4, 0.5) is 5.69 Å². The number of piperazine rings is 1. The number of hydrogen-bond donors (Lipinski definition) is 3. The van der Waals surface area contributed by atoms with E-state index in [4.69, 9.17) is 31.4 Å². The molecule has 1 aliphatic rings. The topological polar surface area (TPSA) is 96.9 Å². The highest BCUT2D eigenvalue weighted by Crippen LogP contribution is 2.31. The van der Waals surface area contributed by atoms with Crippen LogP contribution in [-0.4, -0.2) is 70.5 Å². The minimum absolute atomic E-state index is 0.888. The van der Waals surface area contributed by atoms with Crippen LogP contribution in [0, 0.1) is 6.92 Å². The molecule has 3 N–H and O–H groups in total. The lowest BCUT2D eigenvalue weighted by Crippen LogP contribution is -2.46. The van der Waals surface area contributed by atoms with Crippen LogP contribution in [0.2, 0.25) is 5.02 Å². The van der Waals surface area contributed by atoms with Crippen molar-refractivity contribution in [3.8, 4) is 0 Å². The number of aromatic amines is 1. The van der Waals surface area contributed by atoms with Crippen molar-refractivity contribution < 1.29 is 19.8 Å². The normalized spacial score (nSPS) is 14.0. The van der Waals surface area contributed by atoms with Crippen molar-refractivity contribution in [2.24, 2.45) is 0 Å². The number of carboxylic acids is 2. The van der Waals surface area contributed by atoms with E-state index in [1.807, 2.05) is 30.1 Å². The van der Waals surface area contributed by atoms with Crippen molar-refractivity contribution in [3.05, 3.63) is 59.2 Å². The Morgan fingerprint density at radius 2 is 1.71 bits per heavy atom. The molecule has 182 valence electrons. The summed E-state index contributed by atoms with van der Waals surface area (Å²) < 4.78 is 0. The molecule has 1 aromatic heterocycles. The summed E-state index contributed by atoms with van der Waals surface area (Å²) in [7, 11) is 0. The van der Waals surface area contributed by atoms with Crippen LogP contribution in [0.25, 0.3) is 10.9 Å². The molecular weight excluding hydrogens is 474 g/mol. The maximum absolute atomic E-state index is 9.10. The molecule has 1 fully saturated rings. The SMILES string of the molecule is Cc1cccc(Cl)c1SCCCCN1CCN(c2cccc3[nH]ccc23)CC1.O=C(O)C(=O)O. The van der Waals surface area contributed by atoms with Gasteiger partial charge >= 0.3 is 11.9 Å². The summed E-state index contributed by atoms with van der Waals surface area (Å²) in [4.78, 5) is 27.9. The van der Waals surface area contributed by atoms with E-state index in [9.17, 15) is 0 Å². The number of nitrogens with one attached hydrogen (secondary N) is 1. The Balaban J connectivity index is 0.000000481. The first-order valence-corrected chi connectivity index (χ1v) is 12.6.